The number of fused-ring (bicyclic) bond motifs is 1. The lowest BCUT2D eigenvalue weighted by Crippen LogP contribution is -2.09. The highest BCUT2D eigenvalue weighted by Crippen LogP contribution is 2.40. The summed E-state index contributed by atoms with van der Waals surface area (Å²) in [6.45, 7) is 0. The molecule has 1 heteroatoms. The molecule has 0 radical (unpaired) electrons. The summed E-state index contributed by atoms with van der Waals surface area (Å²) in [7, 11) is 0. The second-order valence-corrected chi connectivity index (χ2v) is 15.0. The molecule has 0 bridgehead atoms. The molecule has 0 spiro atoms. The maximum Gasteiger partial charge on any atom is 0.0462 e. The van der Waals surface area contributed by atoms with Crippen molar-refractivity contribution in [2.45, 2.75) is 0 Å². The van der Waals surface area contributed by atoms with E-state index in [1.807, 2.05) is 0 Å². The molecule has 10 rings (SSSR count). The van der Waals surface area contributed by atoms with Gasteiger partial charge in [0.15, 0.2) is 0 Å². The number of rotatable bonds is 9. The molecule has 0 aliphatic rings. The monoisotopic (exact) mass is 751 g/mol. The van der Waals surface area contributed by atoms with Crippen molar-refractivity contribution in [2.75, 3.05) is 4.90 Å². The molecule has 10 aromatic carbocycles. The first-order chi connectivity index (χ1) is 29.2. The first-order valence-corrected chi connectivity index (χ1v) is 20.2. The van der Waals surface area contributed by atoms with E-state index < -0.39 is 0 Å². The average Bonchev–Trinajstić information content (AvgIpc) is 3.33. The van der Waals surface area contributed by atoms with E-state index in [-0.39, 0.29) is 0 Å². The van der Waals surface area contributed by atoms with Crippen molar-refractivity contribution in [2.24, 2.45) is 0 Å². The quantitative estimate of drug-likeness (QED) is 0.142. The first kappa shape index (κ1) is 35.7. The number of para-hydroxylation sites is 1. The van der Waals surface area contributed by atoms with Crippen LogP contribution in [0.2, 0.25) is 0 Å². The van der Waals surface area contributed by atoms with Crippen molar-refractivity contribution in [3.05, 3.63) is 249 Å². The molecule has 0 saturated carbocycles. The van der Waals surface area contributed by atoms with Crippen molar-refractivity contribution in [1.82, 2.24) is 0 Å². The minimum atomic E-state index is 1.10. The van der Waals surface area contributed by atoms with Gasteiger partial charge in [0.2, 0.25) is 0 Å². The minimum absolute atomic E-state index is 1.10. The number of benzene rings is 10. The predicted octanol–water partition coefficient (Wildman–Crippen LogP) is 16.3. The van der Waals surface area contributed by atoms with Gasteiger partial charge in [0.25, 0.3) is 0 Å². The van der Waals surface area contributed by atoms with Gasteiger partial charge in [-0.2, -0.15) is 0 Å². The third-order valence-electron chi connectivity index (χ3n) is 11.3. The molecule has 0 saturated heterocycles. The van der Waals surface area contributed by atoms with E-state index in [0.717, 1.165) is 17.1 Å². The van der Waals surface area contributed by atoms with Crippen LogP contribution >= 0.6 is 0 Å². The van der Waals surface area contributed by atoms with Crippen molar-refractivity contribution < 1.29 is 0 Å². The summed E-state index contributed by atoms with van der Waals surface area (Å²) >= 11 is 0. The Labute approximate surface area is 346 Å². The number of hydrogen-bond donors (Lipinski definition) is 0. The van der Waals surface area contributed by atoms with E-state index in [1.165, 1.54) is 77.5 Å². The third kappa shape index (κ3) is 7.46. The minimum Gasteiger partial charge on any atom is -0.311 e. The Balaban J connectivity index is 0.944. The molecule has 0 heterocycles. The predicted molar refractivity (Wildman–Crippen MR) is 251 cm³/mol. The fourth-order valence-electron chi connectivity index (χ4n) is 8.16. The van der Waals surface area contributed by atoms with Gasteiger partial charge in [0.05, 0.1) is 0 Å². The summed E-state index contributed by atoms with van der Waals surface area (Å²) in [4.78, 5) is 2.33. The van der Waals surface area contributed by atoms with Crippen LogP contribution in [0.5, 0.6) is 0 Å². The molecule has 0 amide bonds. The molecule has 59 heavy (non-hydrogen) atoms. The number of nitrogens with zero attached hydrogens (tertiary/aromatic N) is 1. The molecule has 278 valence electrons. The summed E-state index contributed by atoms with van der Waals surface area (Å²) in [5.74, 6) is 0. The van der Waals surface area contributed by atoms with Crippen molar-refractivity contribution in [3.8, 4) is 66.8 Å². The van der Waals surface area contributed by atoms with Gasteiger partial charge in [-0.15, -0.1) is 0 Å². The van der Waals surface area contributed by atoms with Crippen LogP contribution in [0.1, 0.15) is 0 Å². The highest BCUT2D eigenvalue weighted by Gasteiger charge is 2.15. The zero-order valence-corrected chi connectivity index (χ0v) is 32.6. The van der Waals surface area contributed by atoms with Crippen LogP contribution in [-0.4, -0.2) is 0 Å². The van der Waals surface area contributed by atoms with Gasteiger partial charge in [-0.3, -0.25) is 0 Å². The smallest absolute Gasteiger partial charge is 0.0462 e. The van der Waals surface area contributed by atoms with Crippen LogP contribution in [0.25, 0.3) is 77.5 Å². The fourth-order valence-corrected chi connectivity index (χ4v) is 8.16. The molecule has 0 N–H and O–H groups in total. The van der Waals surface area contributed by atoms with Gasteiger partial charge >= 0.3 is 0 Å². The van der Waals surface area contributed by atoms with Gasteiger partial charge in [-0.05, 0) is 126 Å². The Morgan fingerprint density at radius 2 is 0.525 bits per heavy atom. The van der Waals surface area contributed by atoms with Crippen LogP contribution in [0, 0.1) is 0 Å². The maximum absolute atomic E-state index is 2.34. The normalized spacial score (nSPS) is 11.1. The average molecular weight is 752 g/mol. The summed E-state index contributed by atoms with van der Waals surface area (Å²) in [5, 5.41) is 2.52. The molecule has 0 aliphatic heterocycles. The maximum atomic E-state index is 2.34. The zero-order chi connectivity index (χ0) is 39.4. The summed E-state index contributed by atoms with van der Waals surface area (Å²) in [6.07, 6.45) is 0. The standard InChI is InChI=1S/C58H41N/c1-4-12-42(13-5-1)44-24-27-50(28-25-44)58-41-53(34-39-57(58)49-15-6-2-7-16-49)48-32-37-56(38-33-48)59(54-18-8-3-9-19-54)55-35-30-46(31-36-55)45-20-22-47(23-21-45)52-29-26-43-14-10-11-17-51(43)40-52/h1-41H. The lowest BCUT2D eigenvalue weighted by atomic mass is 9.90. The summed E-state index contributed by atoms with van der Waals surface area (Å²) in [5.41, 5.74) is 17.8. The van der Waals surface area contributed by atoms with Gasteiger partial charge in [0, 0.05) is 17.1 Å². The number of hydrogen-bond acceptors (Lipinski definition) is 1. The van der Waals surface area contributed by atoms with Crippen molar-refractivity contribution in [1.29, 1.82) is 0 Å². The molecule has 0 aliphatic carbocycles. The lowest BCUT2D eigenvalue weighted by molar-refractivity contribution is 1.28. The Morgan fingerprint density at radius 1 is 0.186 bits per heavy atom. The van der Waals surface area contributed by atoms with Crippen LogP contribution in [0.3, 0.4) is 0 Å². The fraction of sp³-hybridized carbons (Fsp3) is 0. The summed E-state index contributed by atoms with van der Waals surface area (Å²) in [6, 6.07) is 89.7. The highest BCUT2D eigenvalue weighted by molar-refractivity contribution is 5.89. The zero-order valence-electron chi connectivity index (χ0n) is 32.6. The van der Waals surface area contributed by atoms with Gasteiger partial charge in [-0.1, -0.05) is 200 Å². The van der Waals surface area contributed by atoms with E-state index in [0.29, 0.717) is 0 Å². The van der Waals surface area contributed by atoms with E-state index >= 15 is 0 Å². The lowest BCUT2D eigenvalue weighted by Gasteiger charge is -2.26. The van der Waals surface area contributed by atoms with Crippen molar-refractivity contribution in [3.63, 3.8) is 0 Å². The molecule has 0 aromatic heterocycles. The Bertz CT molecular complexity index is 2970. The van der Waals surface area contributed by atoms with Crippen LogP contribution in [0.15, 0.2) is 249 Å². The Kier molecular flexibility index (Phi) is 9.68. The first-order valence-electron chi connectivity index (χ1n) is 20.2. The van der Waals surface area contributed by atoms with Crippen LogP contribution in [-0.2, 0) is 0 Å². The molecular weight excluding hydrogens is 711 g/mol. The van der Waals surface area contributed by atoms with Gasteiger partial charge < -0.3 is 4.90 Å². The molecule has 0 unspecified atom stereocenters. The largest absolute Gasteiger partial charge is 0.311 e. The van der Waals surface area contributed by atoms with E-state index in [9.17, 15) is 0 Å². The summed E-state index contributed by atoms with van der Waals surface area (Å²) < 4.78 is 0. The van der Waals surface area contributed by atoms with Crippen LogP contribution < -0.4 is 4.90 Å². The Hall–Kier alpha value is -7.74. The van der Waals surface area contributed by atoms with E-state index in [1.54, 1.807) is 0 Å². The molecule has 10 aromatic rings. The SMILES string of the molecule is c1ccc(-c2ccc(-c3cc(-c4ccc(N(c5ccccc5)c5ccc(-c6ccc(-c7ccc8ccccc8c7)cc6)cc5)cc4)ccc3-c3ccccc3)cc2)cc1. The van der Waals surface area contributed by atoms with E-state index in [2.05, 4.69) is 254 Å². The molecular formula is C58H41N. The highest BCUT2D eigenvalue weighted by atomic mass is 15.1. The Morgan fingerprint density at radius 3 is 1.08 bits per heavy atom. The van der Waals surface area contributed by atoms with E-state index in [4.69, 9.17) is 0 Å². The van der Waals surface area contributed by atoms with Crippen LogP contribution in [0.4, 0.5) is 17.1 Å². The number of anilines is 3. The van der Waals surface area contributed by atoms with Gasteiger partial charge in [0.1, 0.15) is 0 Å². The second-order valence-electron chi connectivity index (χ2n) is 15.0. The third-order valence-corrected chi connectivity index (χ3v) is 11.3. The molecule has 0 atom stereocenters. The second kappa shape index (κ2) is 16.0. The molecule has 1 nitrogen and oxygen atoms in total. The topological polar surface area (TPSA) is 3.24 Å². The molecule has 0 fully saturated rings. The van der Waals surface area contributed by atoms with Crippen molar-refractivity contribution >= 4 is 27.8 Å². The van der Waals surface area contributed by atoms with Gasteiger partial charge in [-0.25, -0.2) is 0 Å².